The average molecular weight is 662 g/mol. The standard InChI is InChI=1S/C28H23F3N2O4S.C6H7BO2/c1-18-24(20-7-4-3-5-8-20)16-25(26(34)32-17-19-11-13-23(14-12-19)38(2,36)37)27(35)33(18)22-10-6-9-21(15-22)28(29,30)31;8-7(9)6-4-2-1-3-5-6/h3-16H,17H2,1-2H3,(H,32,34);1-5,8-9H. The first-order valence-electron chi connectivity index (χ1n) is 14.1. The lowest BCUT2D eigenvalue weighted by Crippen LogP contribution is -2.33. The van der Waals surface area contributed by atoms with Crippen molar-refractivity contribution in [2.45, 2.75) is 24.5 Å². The quantitative estimate of drug-likeness (QED) is 0.220. The van der Waals surface area contributed by atoms with E-state index in [1.165, 1.54) is 30.3 Å². The normalized spacial score (nSPS) is 11.3. The fourth-order valence-corrected chi connectivity index (χ4v) is 5.30. The highest BCUT2D eigenvalue weighted by molar-refractivity contribution is 7.90. The van der Waals surface area contributed by atoms with Crippen LogP contribution in [0.25, 0.3) is 16.8 Å². The number of alkyl halides is 3. The van der Waals surface area contributed by atoms with Crippen LogP contribution in [0.3, 0.4) is 0 Å². The van der Waals surface area contributed by atoms with E-state index in [1.54, 1.807) is 73.7 Å². The minimum absolute atomic E-state index is 0.000417. The minimum atomic E-state index is -4.61. The first-order chi connectivity index (χ1) is 22.2. The molecule has 0 aliphatic carbocycles. The maximum absolute atomic E-state index is 13.5. The Bertz CT molecular complexity index is 2020. The number of hydrogen-bond donors (Lipinski definition) is 3. The number of carbonyl (C=O) groups excluding carboxylic acids is 1. The summed E-state index contributed by atoms with van der Waals surface area (Å²) < 4.78 is 64.6. The zero-order valence-corrected chi connectivity index (χ0v) is 26.1. The van der Waals surface area contributed by atoms with Gasteiger partial charge in [-0.05, 0) is 59.9 Å². The molecule has 0 spiro atoms. The molecule has 0 saturated heterocycles. The Kier molecular flexibility index (Phi) is 10.9. The third-order valence-electron chi connectivity index (χ3n) is 7.11. The molecule has 3 N–H and O–H groups in total. The van der Waals surface area contributed by atoms with Crippen molar-refractivity contribution in [3.63, 3.8) is 0 Å². The van der Waals surface area contributed by atoms with Crippen molar-refractivity contribution in [3.05, 3.63) is 148 Å². The summed E-state index contributed by atoms with van der Waals surface area (Å²) in [5.41, 5.74) is 0.707. The molecule has 0 aliphatic heterocycles. The molecule has 1 heterocycles. The molecule has 8 nitrogen and oxygen atoms in total. The van der Waals surface area contributed by atoms with Gasteiger partial charge in [0.25, 0.3) is 11.5 Å². The van der Waals surface area contributed by atoms with E-state index in [0.29, 0.717) is 27.8 Å². The summed E-state index contributed by atoms with van der Waals surface area (Å²) in [6.07, 6.45) is -3.53. The minimum Gasteiger partial charge on any atom is -0.423 e. The number of hydrogen-bond acceptors (Lipinski definition) is 6. The zero-order valence-electron chi connectivity index (χ0n) is 25.3. The summed E-state index contributed by atoms with van der Waals surface area (Å²) >= 11 is 0. The van der Waals surface area contributed by atoms with Gasteiger partial charge in [-0.25, -0.2) is 8.42 Å². The molecule has 47 heavy (non-hydrogen) atoms. The Morgan fingerprint density at radius 3 is 1.98 bits per heavy atom. The zero-order chi connectivity index (χ0) is 34.4. The van der Waals surface area contributed by atoms with Crippen LogP contribution < -0.4 is 16.3 Å². The summed E-state index contributed by atoms with van der Waals surface area (Å²) in [7, 11) is -4.72. The van der Waals surface area contributed by atoms with Gasteiger partial charge in [0.1, 0.15) is 5.56 Å². The van der Waals surface area contributed by atoms with Crippen LogP contribution in [-0.4, -0.2) is 42.3 Å². The second-order valence-electron chi connectivity index (χ2n) is 10.5. The Morgan fingerprint density at radius 1 is 0.851 bits per heavy atom. The smallest absolute Gasteiger partial charge is 0.423 e. The third-order valence-corrected chi connectivity index (χ3v) is 8.24. The number of pyridine rings is 1. The third kappa shape index (κ3) is 8.85. The molecule has 0 fully saturated rings. The van der Waals surface area contributed by atoms with E-state index in [-0.39, 0.29) is 22.7 Å². The molecule has 5 rings (SSSR count). The van der Waals surface area contributed by atoms with Gasteiger partial charge in [-0.2, -0.15) is 13.2 Å². The summed E-state index contributed by atoms with van der Waals surface area (Å²) in [5, 5.41) is 19.8. The van der Waals surface area contributed by atoms with Crippen molar-refractivity contribution >= 4 is 28.3 Å². The van der Waals surface area contributed by atoms with E-state index < -0.39 is 40.2 Å². The van der Waals surface area contributed by atoms with Crippen LogP contribution in [-0.2, 0) is 22.6 Å². The molecule has 4 aromatic carbocycles. The van der Waals surface area contributed by atoms with Crippen molar-refractivity contribution in [2.24, 2.45) is 0 Å². The van der Waals surface area contributed by atoms with Gasteiger partial charge < -0.3 is 15.4 Å². The molecular weight excluding hydrogens is 632 g/mol. The number of rotatable bonds is 7. The predicted octanol–water partition coefficient (Wildman–Crippen LogP) is 4.53. The lowest BCUT2D eigenvalue weighted by Gasteiger charge is -2.18. The average Bonchev–Trinajstić information content (AvgIpc) is 3.04. The fourth-order valence-electron chi connectivity index (χ4n) is 4.67. The molecule has 0 aliphatic rings. The number of sulfone groups is 1. The fraction of sp³-hybridized carbons (Fsp3) is 0.118. The van der Waals surface area contributed by atoms with E-state index in [0.717, 1.165) is 23.0 Å². The lowest BCUT2D eigenvalue weighted by molar-refractivity contribution is -0.137. The Balaban J connectivity index is 0.000000479. The monoisotopic (exact) mass is 662 g/mol. The number of amides is 1. The van der Waals surface area contributed by atoms with Crippen molar-refractivity contribution in [1.82, 2.24) is 9.88 Å². The number of benzene rings is 4. The molecule has 0 bridgehead atoms. The largest absolute Gasteiger partial charge is 0.488 e. The Hall–Kier alpha value is -4.98. The molecule has 0 radical (unpaired) electrons. The topological polar surface area (TPSA) is 126 Å². The van der Waals surface area contributed by atoms with Gasteiger partial charge in [-0.1, -0.05) is 78.9 Å². The van der Waals surface area contributed by atoms with Gasteiger partial charge in [-0.15, -0.1) is 0 Å². The van der Waals surface area contributed by atoms with Crippen LogP contribution >= 0.6 is 0 Å². The molecular formula is C34H30BF3N2O6S. The van der Waals surface area contributed by atoms with Crippen LogP contribution in [0.1, 0.15) is 27.2 Å². The number of nitrogens with zero attached hydrogens (tertiary/aromatic N) is 1. The lowest BCUT2D eigenvalue weighted by atomic mass is 9.81. The Labute approximate surface area is 269 Å². The van der Waals surface area contributed by atoms with E-state index in [9.17, 15) is 31.2 Å². The van der Waals surface area contributed by atoms with Crippen molar-refractivity contribution in [3.8, 4) is 16.8 Å². The van der Waals surface area contributed by atoms with E-state index in [1.807, 2.05) is 6.07 Å². The van der Waals surface area contributed by atoms with Gasteiger partial charge in [0.2, 0.25) is 0 Å². The van der Waals surface area contributed by atoms with Crippen molar-refractivity contribution < 1.29 is 36.4 Å². The maximum atomic E-state index is 13.5. The second-order valence-corrected chi connectivity index (χ2v) is 12.5. The molecule has 1 amide bonds. The van der Waals surface area contributed by atoms with Gasteiger partial charge >= 0.3 is 13.3 Å². The van der Waals surface area contributed by atoms with Crippen molar-refractivity contribution in [1.29, 1.82) is 0 Å². The van der Waals surface area contributed by atoms with E-state index in [4.69, 9.17) is 10.0 Å². The number of halogens is 3. The first kappa shape index (κ1) is 34.9. The van der Waals surface area contributed by atoms with Gasteiger partial charge in [0.15, 0.2) is 9.84 Å². The van der Waals surface area contributed by atoms with Crippen LogP contribution in [0, 0.1) is 6.92 Å². The highest BCUT2D eigenvalue weighted by Gasteiger charge is 2.31. The molecule has 0 unspecified atom stereocenters. The van der Waals surface area contributed by atoms with Gasteiger partial charge in [0.05, 0.1) is 10.5 Å². The summed E-state index contributed by atoms with van der Waals surface area (Å²) in [5.74, 6) is -0.722. The summed E-state index contributed by atoms with van der Waals surface area (Å²) in [6.45, 7) is 1.61. The van der Waals surface area contributed by atoms with Gasteiger partial charge in [0, 0.05) is 29.7 Å². The van der Waals surface area contributed by atoms with Crippen LogP contribution in [0.15, 0.2) is 125 Å². The van der Waals surface area contributed by atoms with Gasteiger partial charge in [-0.3, -0.25) is 14.2 Å². The SMILES string of the molecule is Cc1c(-c2ccccc2)cc(C(=O)NCc2ccc(S(C)(=O)=O)cc2)c(=O)n1-c1cccc(C(F)(F)F)c1.OB(O)c1ccccc1. The second kappa shape index (κ2) is 14.6. The van der Waals surface area contributed by atoms with Crippen molar-refractivity contribution in [2.75, 3.05) is 6.26 Å². The highest BCUT2D eigenvalue weighted by Crippen LogP contribution is 2.31. The molecule has 13 heteroatoms. The molecule has 242 valence electrons. The molecule has 0 saturated carbocycles. The molecule has 5 aromatic rings. The first-order valence-corrected chi connectivity index (χ1v) is 16.0. The van der Waals surface area contributed by atoms with Crippen LogP contribution in [0.4, 0.5) is 13.2 Å². The summed E-state index contributed by atoms with van der Waals surface area (Å²) in [6, 6.07) is 29.3. The van der Waals surface area contributed by atoms with Crippen LogP contribution in [0.5, 0.6) is 0 Å². The molecule has 1 aromatic heterocycles. The number of carbonyl (C=O) groups is 1. The van der Waals surface area contributed by atoms with E-state index in [2.05, 4.69) is 5.32 Å². The number of nitrogens with one attached hydrogen (secondary N) is 1. The van der Waals surface area contributed by atoms with Crippen LogP contribution in [0.2, 0.25) is 0 Å². The predicted molar refractivity (Wildman–Crippen MR) is 174 cm³/mol. The highest BCUT2D eigenvalue weighted by atomic mass is 32.2. The summed E-state index contributed by atoms with van der Waals surface area (Å²) in [4.78, 5) is 26.8. The number of aromatic nitrogens is 1. The Morgan fingerprint density at radius 2 is 1.45 bits per heavy atom. The molecule has 0 atom stereocenters. The van der Waals surface area contributed by atoms with E-state index >= 15 is 0 Å². The maximum Gasteiger partial charge on any atom is 0.488 e.